The Hall–Kier alpha value is -7.28. The smallest absolute Gasteiger partial charge is 0.307 e. The van der Waals surface area contributed by atoms with Crippen molar-refractivity contribution in [2.75, 3.05) is 0 Å². The van der Waals surface area contributed by atoms with Crippen LogP contribution >= 0.6 is 0 Å². The number of hydrogen-bond donors (Lipinski definition) is 4. The van der Waals surface area contributed by atoms with Crippen LogP contribution in [0.25, 0.3) is 44.1 Å². The van der Waals surface area contributed by atoms with E-state index in [9.17, 15) is 19.8 Å². The molecular weight excluding hydrogens is 815 g/mol. The lowest BCUT2D eigenvalue weighted by molar-refractivity contribution is -0.137. The van der Waals surface area contributed by atoms with Gasteiger partial charge in [-0.25, -0.2) is 8.78 Å². The number of benzene rings is 6. The maximum absolute atomic E-state index is 17.0. The lowest BCUT2D eigenvalue weighted by Gasteiger charge is -2.22. The molecule has 0 saturated heterocycles. The molecule has 8 rings (SSSR count). The van der Waals surface area contributed by atoms with Crippen molar-refractivity contribution in [2.24, 2.45) is 18.5 Å². The molecule has 0 radical (unpaired) electrons. The molecule has 326 valence electrons. The maximum Gasteiger partial charge on any atom is 0.307 e. The van der Waals surface area contributed by atoms with Crippen LogP contribution in [0.15, 0.2) is 134 Å². The molecule has 0 fully saturated rings. The molecule has 12 heteroatoms. The second kappa shape index (κ2) is 18.6. The van der Waals surface area contributed by atoms with E-state index in [0.29, 0.717) is 62.4 Å². The van der Waals surface area contributed by atoms with E-state index in [1.165, 1.54) is 0 Å². The van der Waals surface area contributed by atoms with Gasteiger partial charge in [0.05, 0.1) is 12.8 Å². The molecule has 2 atom stereocenters. The predicted octanol–water partition coefficient (Wildman–Crippen LogP) is 10.3. The number of aromatic nitrogens is 2. The number of nitrogens with zero attached hydrogens (tertiary/aromatic N) is 2. The molecule has 6 aromatic carbocycles. The van der Waals surface area contributed by atoms with Gasteiger partial charge in [0, 0.05) is 93.3 Å². The van der Waals surface area contributed by atoms with Crippen LogP contribution in [0.5, 0.6) is 11.5 Å². The number of carboxylic acids is 2. The van der Waals surface area contributed by atoms with Gasteiger partial charge in [-0.2, -0.15) is 0 Å². The van der Waals surface area contributed by atoms with Crippen molar-refractivity contribution >= 4 is 33.7 Å². The lowest BCUT2D eigenvalue weighted by Crippen LogP contribution is -2.18. The van der Waals surface area contributed by atoms with Gasteiger partial charge >= 0.3 is 11.9 Å². The van der Waals surface area contributed by atoms with Gasteiger partial charge in [-0.15, -0.1) is 0 Å². The second-order valence-electron chi connectivity index (χ2n) is 16.1. The van der Waals surface area contributed by atoms with Gasteiger partial charge in [0.25, 0.3) is 0 Å². The number of carboxylic acid groups (broad SMARTS) is 2. The number of hydrogen-bond acceptors (Lipinski definition) is 6. The minimum atomic E-state index is -0.977. The summed E-state index contributed by atoms with van der Waals surface area (Å²) >= 11 is 0. The molecule has 0 aliphatic carbocycles. The van der Waals surface area contributed by atoms with Crippen molar-refractivity contribution in [1.82, 2.24) is 9.13 Å². The SMILES string of the molecule is CC(CC(N)c1cccc(-c2cc(COc3ccccc3CC(=O)O)cc3c2ccn3C)c1F)n1ccc2c(-c3cccc(CN)c3F)cc(COc3ccccc3CC(=O)O)cc21. The summed E-state index contributed by atoms with van der Waals surface area (Å²) in [6, 6.07) is 35.1. The van der Waals surface area contributed by atoms with Crippen LogP contribution in [-0.4, -0.2) is 31.3 Å². The average molecular weight is 863 g/mol. The maximum atomic E-state index is 17.0. The molecule has 0 bridgehead atoms. The summed E-state index contributed by atoms with van der Waals surface area (Å²) in [5.74, 6) is -1.88. The Morgan fingerprint density at radius 2 is 1.16 bits per heavy atom. The highest BCUT2D eigenvalue weighted by atomic mass is 19.1. The van der Waals surface area contributed by atoms with Crippen molar-refractivity contribution in [3.63, 3.8) is 0 Å². The monoisotopic (exact) mass is 862 g/mol. The van der Waals surface area contributed by atoms with E-state index < -0.39 is 29.6 Å². The summed E-state index contributed by atoms with van der Waals surface area (Å²) in [5, 5.41) is 20.5. The van der Waals surface area contributed by atoms with Crippen LogP contribution < -0.4 is 20.9 Å². The number of fused-ring (bicyclic) bond motifs is 2. The van der Waals surface area contributed by atoms with Gasteiger partial charge in [-0.1, -0.05) is 72.8 Å². The van der Waals surface area contributed by atoms with Gasteiger partial charge in [0.2, 0.25) is 0 Å². The third-order valence-electron chi connectivity index (χ3n) is 11.8. The summed E-state index contributed by atoms with van der Waals surface area (Å²) in [6.07, 6.45) is 3.82. The predicted molar refractivity (Wildman–Crippen MR) is 244 cm³/mol. The summed E-state index contributed by atoms with van der Waals surface area (Å²) in [7, 11) is 1.92. The third kappa shape index (κ3) is 8.96. The summed E-state index contributed by atoms with van der Waals surface area (Å²) in [5.41, 5.74) is 19.9. The van der Waals surface area contributed by atoms with Crippen LogP contribution in [0.4, 0.5) is 8.78 Å². The first kappa shape index (κ1) is 43.4. The van der Waals surface area contributed by atoms with Crippen LogP contribution in [-0.2, 0) is 49.2 Å². The third-order valence-corrected chi connectivity index (χ3v) is 11.8. The molecule has 64 heavy (non-hydrogen) atoms. The quantitative estimate of drug-likeness (QED) is 0.0705. The Balaban J connectivity index is 1.11. The van der Waals surface area contributed by atoms with Crippen LogP contribution in [0.3, 0.4) is 0 Å². The number of nitrogens with two attached hydrogens (primary N) is 2. The summed E-state index contributed by atoms with van der Waals surface area (Å²) < 4.78 is 49.3. The first-order valence-electron chi connectivity index (χ1n) is 21.0. The fourth-order valence-electron chi connectivity index (χ4n) is 8.57. The number of carbonyl (C=O) groups is 2. The number of aryl methyl sites for hydroxylation is 1. The van der Waals surface area contributed by atoms with Crippen LogP contribution in [0.2, 0.25) is 0 Å². The van der Waals surface area contributed by atoms with Gasteiger partial charge < -0.3 is 40.3 Å². The molecule has 0 saturated carbocycles. The van der Waals surface area contributed by atoms with Gasteiger partial charge in [0.1, 0.15) is 36.3 Å². The van der Waals surface area contributed by atoms with Crippen molar-refractivity contribution < 1.29 is 38.1 Å². The van der Waals surface area contributed by atoms with E-state index in [0.717, 1.165) is 32.9 Å². The summed E-state index contributed by atoms with van der Waals surface area (Å²) in [6.45, 7) is 2.25. The molecule has 0 amide bonds. The van der Waals surface area contributed by atoms with Crippen LogP contribution in [0.1, 0.15) is 58.8 Å². The Morgan fingerprint density at radius 3 is 1.75 bits per heavy atom. The Morgan fingerprint density at radius 1 is 0.641 bits per heavy atom. The highest BCUT2D eigenvalue weighted by Gasteiger charge is 2.23. The second-order valence-corrected chi connectivity index (χ2v) is 16.1. The fraction of sp³-hybridized carbons (Fsp3) is 0.192. The van der Waals surface area contributed by atoms with Crippen molar-refractivity contribution in [2.45, 2.75) is 58.0 Å². The minimum Gasteiger partial charge on any atom is -0.489 e. The molecule has 6 N–H and O–H groups in total. The Bertz CT molecular complexity index is 3030. The topological polar surface area (TPSA) is 155 Å². The Kier molecular flexibility index (Phi) is 12.6. The van der Waals surface area contributed by atoms with Crippen LogP contribution in [0, 0.1) is 11.6 Å². The zero-order valence-corrected chi connectivity index (χ0v) is 35.4. The number of ether oxygens (including phenoxy) is 2. The number of halogens is 2. The van der Waals surface area contributed by atoms with Crippen molar-refractivity contribution in [3.05, 3.63) is 179 Å². The standard InChI is InChI=1S/C52H48F2N4O6/c1-31(58-20-18-38-43(39-12-7-11-36(28-55)51(39)53)23-33(25-46(38)58)30-64-48-16-6-4-10-35(48)27-50(61)62)21-44(56)41-14-8-13-40(52(41)54)42-22-32(24-45-37(42)17-19-57(45)2)29-63-47-15-5-3-9-34(47)26-49(59)60/h3-20,22-25,31,44H,21,26-30,55-56H2,1-2H3,(H,59,60)(H,61,62). The Labute approximate surface area is 368 Å². The molecule has 8 aromatic rings. The minimum absolute atomic E-state index is 0.0287. The zero-order valence-electron chi connectivity index (χ0n) is 35.4. The molecule has 2 unspecified atom stereocenters. The van der Waals surface area contributed by atoms with Crippen molar-refractivity contribution in [1.29, 1.82) is 0 Å². The highest BCUT2D eigenvalue weighted by Crippen LogP contribution is 2.39. The van der Waals surface area contributed by atoms with Gasteiger partial charge in [-0.05, 0) is 84.1 Å². The normalized spacial score (nSPS) is 12.4. The van der Waals surface area contributed by atoms with Crippen molar-refractivity contribution in [3.8, 4) is 33.8 Å². The number of rotatable bonds is 17. The average Bonchev–Trinajstić information content (AvgIpc) is 3.88. The van der Waals surface area contributed by atoms with E-state index in [1.807, 2.05) is 67.3 Å². The first-order valence-corrected chi connectivity index (χ1v) is 21.0. The first-order chi connectivity index (χ1) is 30.9. The molecule has 10 nitrogen and oxygen atoms in total. The molecular formula is C52H48F2N4O6. The van der Waals surface area contributed by atoms with E-state index in [2.05, 4.69) is 4.57 Å². The highest BCUT2D eigenvalue weighted by molar-refractivity contribution is 5.97. The van der Waals surface area contributed by atoms with E-state index >= 15 is 8.78 Å². The van der Waals surface area contributed by atoms with Gasteiger partial charge in [-0.3, -0.25) is 9.59 Å². The van der Waals surface area contributed by atoms with E-state index in [4.69, 9.17) is 20.9 Å². The fourth-order valence-corrected chi connectivity index (χ4v) is 8.57. The van der Waals surface area contributed by atoms with Gasteiger partial charge in [0.15, 0.2) is 0 Å². The number of aliphatic carboxylic acids is 2. The number of para-hydroxylation sites is 2. The molecule has 0 aliphatic rings. The largest absolute Gasteiger partial charge is 0.489 e. The zero-order chi connectivity index (χ0) is 45.1. The molecule has 0 aliphatic heterocycles. The molecule has 0 spiro atoms. The molecule has 2 heterocycles. The van der Waals surface area contributed by atoms with E-state index in [-0.39, 0.29) is 38.6 Å². The van der Waals surface area contributed by atoms with E-state index in [1.54, 1.807) is 84.9 Å². The molecule has 2 aromatic heterocycles. The summed E-state index contributed by atoms with van der Waals surface area (Å²) in [4.78, 5) is 23.1. The lowest BCUT2D eigenvalue weighted by atomic mass is 9.93.